The van der Waals surface area contributed by atoms with Gasteiger partial charge in [0, 0.05) is 5.56 Å². The molecule has 0 bridgehead atoms. The van der Waals surface area contributed by atoms with Gasteiger partial charge in [-0.3, -0.25) is 4.79 Å². The molecule has 1 atom stereocenters. The highest BCUT2D eigenvalue weighted by Gasteiger charge is 2.21. The van der Waals surface area contributed by atoms with Gasteiger partial charge in [0.1, 0.15) is 17.0 Å². The summed E-state index contributed by atoms with van der Waals surface area (Å²) < 4.78 is 12.4. The van der Waals surface area contributed by atoms with E-state index < -0.39 is 6.17 Å². The van der Waals surface area contributed by atoms with Crippen molar-refractivity contribution in [3.63, 3.8) is 0 Å². The van der Waals surface area contributed by atoms with Crippen LogP contribution in [-0.2, 0) is 0 Å². The Morgan fingerprint density at radius 3 is 2.40 bits per heavy atom. The van der Waals surface area contributed by atoms with Crippen LogP contribution < -0.4 is 14.8 Å². The van der Waals surface area contributed by atoms with Crippen molar-refractivity contribution in [3.8, 4) is 11.5 Å². The van der Waals surface area contributed by atoms with Crippen LogP contribution in [-0.4, -0.2) is 34.6 Å². The first-order valence-corrected chi connectivity index (χ1v) is 9.67. The third-order valence-corrected chi connectivity index (χ3v) is 4.75. The first-order chi connectivity index (χ1) is 14.7. The van der Waals surface area contributed by atoms with Crippen LogP contribution >= 0.6 is 0 Å². The molecule has 1 heterocycles. The number of ether oxygens (including phenoxy) is 2. The number of carbonyl (C=O) groups is 1. The largest absolute Gasteiger partial charge is 0.497 e. The fourth-order valence-electron chi connectivity index (χ4n) is 3.23. The molecule has 1 aromatic heterocycles. The molecule has 1 N–H and O–H groups in total. The average Bonchev–Trinajstić information content (AvgIpc) is 3.22. The number of nitrogens with one attached hydrogen (secondary N) is 1. The number of para-hydroxylation sites is 1. The van der Waals surface area contributed by atoms with E-state index in [1.165, 1.54) is 0 Å². The molecule has 0 aliphatic heterocycles. The third kappa shape index (κ3) is 3.96. The maximum atomic E-state index is 13.0. The summed E-state index contributed by atoms with van der Waals surface area (Å²) in [6.45, 7) is 2.53. The van der Waals surface area contributed by atoms with Crippen molar-refractivity contribution in [2.24, 2.45) is 0 Å². The minimum atomic E-state index is -0.539. The van der Waals surface area contributed by atoms with Gasteiger partial charge in [0.2, 0.25) is 0 Å². The maximum absolute atomic E-state index is 13.0. The van der Waals surface area contributed by atoms with Gasteiger partial charge in [0.15, 0.2) is 6.17 Å². The fourth-order valence-corrected chi connectivity index (χ4v) is 3.23. The number of rotatable bonds is 7. The molecule has 4 rings (SSSR count). The molecular weight excluding hydrogens is 380 g/mol. The van der Waals surface area contributed by atoms with Gasteiger partial charge in [-0.15, -0.1) is 5.10 Å². The van der Waals surface area contributed by atoms with E-state index in [1.807, 2.05) is 55.5 Å². The fraction of sp³-hybridized carbons (Fsp3) is 0.174. The first-order valence-electron chi connectivity index (χ1n) is 9.67. The summed E-state index contributed by atoms with van der Waals surface area (Å²) in [6.07, 6.45) is -0.539. The molecule has 152 valence electrons. The summed E-state index contributed by atoms with van der Waals surface area (Å²) in [7, 11) is 1.59. The number of nitrogens with zero attached hydrogens (tertiary/aromatic N) is 3. The molecule has 1 amide bonds. The van der Waals surface area contributed by atoms with Crippen molar-refractivity contribution in [3.05, 3.63) is 83.9 Å². The molecule has 7 heteroatoms. The summed E-state index contributed by atoms with van der Waals surface area (Å²) in [5, 5.41) is 11.6. The highest BCUT2D eigenvalue weighted by Crippen LogP contribution is 2.23. The van der Waals surface area contributed by atoms with Gasteiger partial charge in [-0.2, -0.15) is 0 Å². The van der Waals surface area contributed by atoms with E-state index in [9.17, 15) is 4.79 Å². The normalized spacial score (nSPS) is 11.8. The zero-order chi connectivity index (χ0) is 20.9. The quantitative estimate of drug-likeness (QED) is 0.509. The summed E-state index contributed by atoms with van der Waals surface area (Å²) in [5.74, 6) is 1.23. The first kappa shape index (κ1) is 19.4. The molecule has 1 unspecified atom stereocenters. The van der Waals surface area contributed by atoms with Crippen LogP contribution in [0.25, 0.3) is 11.0 Å². The topological polar surface area (TPSA) is 78.3 Å². The van der Waals surface area contributed by atoms with E-state index in [1.54, 1.807) is 36.1 Å². The second kappa shape index (κ2) is 8.65. The lowest BCUT2D eigenvalue weighted by Crippen LogP contribution is -2.33. The molecule has 0 saturated carbocycles. The molecule has 0 aliphatic carbocycles. The van der Waals surface area contributed by atoms with E-state index in [2.05, 4.69) is 15.6 Å². The van der Waals surface area contributed by atoms with Gasteiger partial charge >= 0.3 is 0 Å². The van der Waals surface area contributed by atoms with Crippen molar-refractivity contribution in [2.45, 2.75) is 13.1 Å². The summed E-state index contributed by atoms with van der Waals surface area (Å²) in [5.41, 5.74) is 2.96. The number of fused-ring (bicyclic) bond motifs is 1. The van der Waals surface area contributed by atoms with Crippen LogP contribution in [0.5, 0.6) is 11.5 Å². The van der Waals surface area contributed by atoms with Crippen LogP contribution in [0.1, 0.15) is 29.0 Å². The maximum Gasteiger partial charge on any atom is 0.253 e. The predicted octanol–water partition coefficient (Wildman–Crippen LogP) is 3.82. The molecule has 0 spiro atoms. The van der Waals surface area contributed by atoms with Gasteiger partial charge in [0.25, 0.3) is 5.91 Å². The Bertz CT molecular complexity index is 1140. The highest BCUT2D eigenvalue weighted by molar-refractivity contribution is 5.94. The minimum absolute atomic E-state index is 0.226. The van der Waals surface area contributed by atoms with Crippen molar-refractivity contribution in [2.75, 3.05) is 13.7 Å². The van der Waals surface area contributed by atoms with Crippen molar-refractivity contribution < 1.29 is 14.3 Å². The Labute approximate surface area is 174 Å². The molecule has 0 aliphatic rings. The lowest BCUT2D eigenvalue weighted by atomic mass is 10.1. The van der Waals surface area contributed by atoms with E-state index in [0.717, 1.165) is 22.3 Å². The lowest BCUT2D eigenvalue weighted by Gasteiger charge is -2.20. The Kier molecular flexibility index (Phi) is 5.61. The molecular formula is C23H22N4O3. The van der Waals surface area contributed by atoms with Crippen molar-refractivity contribution >= 4 is 16.9 Å². The summed E-state index contributed by atoms with van der Waals surface area (Å²) in [4.78, 5) is 13.0. The Morgan fingerprint density at radius 1 is 1.00 bits per heavy atom. The molecule has 7 nitrogen and oxygen atoms in total. The van der Waals surface area contributed by atoms with E-state index in [4.69, 9.17) is 9.47 Å². The SMILES string of the molecule is CCOc1ccc(C(NC(=O)c2ccc(OC)cc2)n2nnc3ccccc32)cc1. The summed E-state index contributed by atoms with van der Waals surface area (Å²) >= 11 is 0. The van der Waals surface area contributed by atoms with Gasteiger partial charge in [-0.05, 0) is 61.0 Å². The monoisotopic (exact) mass is 402 g/mol. The number of aromatic nitrogens is 3. The second-order valence-electron chi connectivity index (χ2n) is 6.63. The average molecular weight is 402 g/mol. The van der Waals surface area contributed by atoms with Crippen LogP contribution in [0.3, 0.4) is 0 Å². The number of hydrogen-bond acceptors (Lipinski definition) is 5. The number of benzene rings is 3. The van der Waals surface area contributed by atoms with E-state index >= 15 is 0 Å². The minimum Gasteiger partial charge on any atom is -0.497 e. The number of amides is 1. The smallest absolute Gasteiger partial charge is 0.253 e. The Morgan fingerprint density at radius 2 is 1.70 bits per heavy atom. The lowest BCUT2D eigenvalue weighted by molar-refractivity contribution is 0.0927. The third-order valence-electron chi connectivity index (χ3n) is 4.75. The molecule has 0 radical (unpaired) electrons. The molecule has 3 aromatic carbocycles. The zero-order valence-corrected chi connectivity index (χ0v) is 16.8. The molecule has 30 heavy (non-hydrogen) atoms. The summed E-state index contributed by atoms with van der Waals surface area (Å²) in [6, 6.07) is 22.2. The van der Waals surface area contributed by atoms with Crippen molar-refractivity contribution in [1.82, 2.24) is 20.3 Å². The second-order valence-corrected chi connectivity index (χ2v) is 6.63. The van der Waals surface area contributed by atoms with Gasteiger partial charge in [-0.1, -0.05) is 29.5 Å². The van der Waals surface area contributed by atoms with Crippen LogP contribution in [0, 0.1) is 0 Å². The van der Waals surface area contributed by atoms with Crippen LogP contribution in [0.15, 0.2) is 72.8 Å². The Hall–Kier alpha value is -3.87. The van der Waals surface area contributed by atoms with Crippen LogP contribution in [0.2, 0.25) is 0 Å². The van der Waals surface area contributed by atoms with Gasteiger partial charge in [-0.25, -0.2) is 4.68 Å². The predicted molar refractivity (Wildman–Crippen MR) is 114 cm³/mol. The highest BCUT2D eigenvalue weighted by atomic mass is 16.5. The van der Waals surface area contributed by atoms with Gasteiger partial charge < -0.3 is 14.8 Å². The molecule has 0 saturated heterocycles. The van der Waals surface area contributed by atoms with Gasteiger partial charge in [0.05, 0.1) is 19.2 Å². The zero-order valence-electron chi connectivity index (χ0n) is 16.8. The van der Waals surface area contributed by atoms with Crippen LogP contribution in [0.4, 0.5) is 0 Å². The van der Waals surface area contributed by atoms with E-state index in [0.29, 0.717) is 17.9 Å². The number of hydrogen-bond donors (Lipinski definition) is 1. The number of methoxy groups -OCH3 is 1. The standard InChI is InChI=1S/C23H22N4O3/c1-3-30-19-14-8-16(9-15-19)22(27-21-7-5-4-6-20(21)25-26-27)24-23(28)17-10-12-18(29-2)13-11-17/h4-15,22H,3H2,1-2H3,(H,24,28). The molecule has 0 fully saturated rings. The van der Waals surface area contributed by atoms with Crippen molar-refractivity contribution in [1.29, 1.82) is 0 Å². The Balaban J connectivity index is 1.70. The molecule has 4 aromatic rings. The van der Waals surface area contributed by atoms with E-state index in [-0.39, 0.29) is 5.91 Å². The number of carbonyl (C=O) groups excluding carboxylic acids is 1.